The molecule has 2 heterocycles. The number of hydrogen-bond donors (Lipinski definition) is 0. The Morgan fingerprint density at radius 1 is 1.10 bits per heavy atom. The Bertz CT molecular complexity index is 925. The molecule has 0 unspecified atom stereocenters. The predicted molar refractivity (Wildman–Crippen MR) is 105 cm³/mol. The van der Waals surface area contributed by atoms with Crippen LogP contribution < -0.4 is 4.74 Å². The Hall–Kier alpha value is -2.78. The van der Waals surface area contributed by atoms with Crippen molar-refractivity contribution in [2.24, 2.45) is 0 Å². The molecule has 0 bridgehead atoms. The Labute approximate surface area is 177 Å². The van der Waals surface area contributed by atoms with Crippen molar-refractivity contribution in [3.8, 4) is 11.4 Å². The van der Waals surface area contributed by atoms with E-state index in [9.17, 15) is 22.4 Å². The first-order chi connectivity index (χ1) is 14.3. The minimum absolute atomic E-state index is 0.175. The first-order valence-electron chi connectivity index (χ1n) is 9.93. The first-order valence-corrected chi connectivity index (χ1v) is 9.93. The van der Waals surface area contributed by atoms with Crippen molar-refractivity contribution < 1.29 is 31.8 Å². The molecule has 1 aromatic carbocycles. The molecule has 0 aliphatic carbocycles. The lowest BCUT2D eigenvalue weighted by Crippen LogP contribution is -2.41. The van der Waals surface area contributed by atoms with Crippen LogP contribution in [0.2, 0.25) is 0 Å². The smallest absolute Gasteiger partial charge is 0.444 e. The summed E-state index contributed by atoms with van der Waals surface area (Å²) >= 11 is 0. The number of halogens is 4. The van der Waals surface area contributed by atoms with E-state index in [4.69, 9.17) is 4.74 Å². The van der Waals surface area contributed by atoms with Gasteiger partial charge in [0.25, 0.3) is 0 Å². The second-order valence-electron chi connectivity index (χ2n) is 8.48. The maximum Gasteiger partial charge on any atom is 0.573 e. The maximum absolute atomic E-state index is 14.9. The summed E-state index contributed by atoms with van der Waals surface area (Å²) in [7, 11) is 0. The lowest BCUT2D eigenvalue weighted by atomic mass is 9.93. The van der Waals surface area contributed by atoms with E-state index in [1.54, 1.807) is 32.6 Å². The molecule has 0 atom stereocenters. The third-order valence-electron chi connectivity index (χ3n) is 4.92. The number of rotatable bonds is 3. The zero-order chi connectivity index (χ0) is 23.0. The van der Waals surface area contributed by atoms with E-state index in [0.717, 1.165) is 12.1 Å². The second kappa shape index (κ2) is 8.39. The lowest BCUT2D eigenvalue weighted by molar-refractivity contribution is -0.274. The zero-order valence-corrected chi connectivity index (χ0v) is 17.8. The van der Waals surface area contributed by atoms with Gasteiger partial charge < -0.3 is 14.4 Å². The minimum Gasteiger partial charge on any atom is -0.444 e. The molecule has 1 aliphatic rings. The van der Waals surface area contributed by atoms with Crippen molar-refractivity contribution in [3.05, 3.63) is 41.5 Å². The molecular weight excluding hydrogens is 418 g/mol. The van der Waals surface area contributed by atoms with E-state index in [0.29, 0.717) is 31.6 Å². The summed E-state index contributed by atoms with van der Waals surface area (Å²) in [5.74, 6) is -0.992. The van der Waals surface area contributed by atoms with Gasteiger partial charge in [-0.3, -0.25) is 0 Å². The van der Waals surface area contributed by atoms with Crippen LogP contribution >= 0.6 is 0 Å². The van der Waals surface area contributed by atoms with Gasteiger partial charge in [-0.15, -0.1) is 13.2 Å². The highest BCUT2D eigenvalue weighted by atomic mass is 19.4. The molecule has 3 rings (SSSR count). The van der Waals surface area contributed by atoms with Gasteiger partial charge in [-0.2, -0.15) is 5.10 Å². The fourth-order valence-electron chi connectivity index (χ4n) is 3.47. The number of aromatic nitrogens is 2. The van der Waals surface area contributed by atoms with Crippen LogP contribution in [0.1, 0.15) is 50.9 Å². The Kier molecular flexibility index (Phi) is 6.20. The molecule has 1 amide bonds. The van der Waals surface area contributed by atoms with E-state index in [2.05, 4.69) is 9.84 Å². The summed E-state index contributed by atoms with van der Waals surface area (Å²) in [4.78, 5) is 13.8. The van der Waals surface area contributed by atoms with E-state index in [1.165, 1.54) is 16.8 Å². The third-order valence-corrected chi connectivity index (χ3v) is 4.92. The molecule has 0 N–H and O–H groups in total. The number of hydrogen-bond acceptors (Lipinski definition) is 4. The average Bonchev–Trinajstić information content (AvgIpc) is 2.95. The number of likely N-dealkylation sites (tertiary alicyclic amines) is 1. The number of alkyl halides is 3. The highest BCUT2D eigenvalue weighted by Crippen LogP contribution is 2.32. The van der Waals surface area contributed by atoms with Crippen molar-refractivity contribution in [3.63, 3.8) is 0 Å². The molecule has 0 spiro atoms. The van der Waals surface area contributed by atoms with Gasteiger partial charge in [0.2, 0.25) is 0 Å². The van der Waals surface area contributed by atoms with Crippen LogP contribution in [0.3, 0.4) is 0 Å². The van der Waals surface area contributed by atoms with E-state index < -0.39 is 23.9 Å². The van der Waals surface area contributed by atoms with E-state index in [-0.39, 0.29) is 23.1 Å². The SMILES string of the molecule is Cc1c(F)c(C2CCN(C(=O)OC(C)(C)C)CC2)nn1-c1ccc(OC(F)(F)F)cc1. The second-order valence-corrected chi connectivity index (χ2v) is 8.48. The van der Waals surface area contributed by atoms with Gasteiger partial charge in [-0.1, -0.05) is 0 Å². The molecule has 170 valence electrons. The van der Waals surface area contributed by atoms with E-state index >= 15 is 0 Å². The van der Waals surface area contributed by atoms with Crippen LogP contribution in [0.25, 0.3) is 5.69 Å². The number of carbonyl (C=O) groups excluding carboxylic acids is 1. The fourth-order valence-corrected chi connectivity index (χ4v) is 3.47. The molecule has 2 aromatic rings. The molecule has 31 heavy (non-hydrogen) atoms. The quantitative estimate of drug-likeness (QED) is 0.602. The van der Waals surface area contributed by atoms with Gasteiger partial charge in [-0.25, -0.2) is 13.9 Å². The van der Waals surface area contributed by atoms with Crippen LogP contribution in [0.5, 0.6) is 5.75 Å². The van der Waals surface area contributed by atoms with Crippen molar-refractivity contribution in [1.82, 2.24) is 14.7 Å². The van der Waals surface area contributed by atoms with Gasteiger partial charge >= 0.3 is 12.5 Å². The van der Waals surface area contributed by atoms with Crippen molar-refractivity contribution in [1.29, 1.82) is 0 Å². The van der Waals surface area contributed by atoms with Gasteiger partial charge in [0, 0.05) is 19.0 Å². The number of ether oxygens (including phenoxy) is 2. The van der Waals surface area contributed by atoms with E-state index in [1.807, 2.05) is 0 Å². The molecule has 1 aromatic heterocycles. The highest BCUT2D eigenvalue weighted by molar-refractivity contribution is 5.68. The summed E-state index contributed by atoms with van der Waals surface area (Å²) in [6.07, 6.45) is -4.11. The maximum atomic E-state index is 14.9. The average molecular weight is 443 g/mol. The standard InChI is InChI=1S/C21H25F4N3O3/c1-13-17(22)18(14-9-11-27(12-10-14)19(29)31-20(2,3)4)26-28(13)15-5-7-16(8-6-15)30-21(23,24)25/h5-8,14H,9-12H2,1-4H3. The molecule has 1 fully saturated rings. The number of benzene rings is 1. The fraction of sp³-hybridized carbons (Fsp3) is 0.524. The summed E-state index contributed by atoms with van der Waals surface area (Å²) < 4.78 is 62.5. The minimum atomic E-state index is -4.78. The summed E-state index contributed by atoms with van der Waals surface area (Å²) in [5, 5.41) is 4.38. The van der Waals surface area contributed by atoms with Gasteiger partial charge in [-0.05, 0) is 64.8 Å². The molecule has 6 nitrogen and oxygen atoms in total. The summed E-state index contributed by atoms with van der Waals surface area (Å²) in [6.45, 7) is 7.79. The van der Waals surface area contributed by atoms with Crippen LogP contribution in [0.4, 0.5) is 22.4 Å². The number of carbonyl (C=O) groups is 1. The molecule has 0 saturated carbocycles. The van der Waals surface area contributed by atoms with Crippen molar-refractivity contribution >= 4 is 6.09 Å². The molecule has 0 radical (unpaired) electrons. The molecule has 10 heteroatoms. The van der Waals surface area contributed by atoms with Gasteiger partial charge in [0.15, 0.2) is 5.82 Å². The Balaban J connectivity index is 1.71. The molecule has 1 saturated heterocycles. The summed E-state index contributed by atoms with van der Waals surface area (Å²) in [5.41, 5.74) is 0.380. The van der Waals surface area contributed by atoms with Crippen LogP contribution in [0, 0.1) is 12.7 Å². The Morgan fingerprint density at radius 2 is 1.68 bits per heavy atom. The molecule has 1 aliphatic heterocycles. The van der Waals surface area contributed by atoms with Crippen molar-refractivity contribution in [2.45, 2.75) is 58.4 Å². The van der Waals surface area contributed by atoms with Gasteiger partial charge in [0.05, 0.1) is 11.4 Å². The normalized spacial score (nSPS) is 15.8. The van der Waals surface area contributed by atoms with Crippen LogP contribution in [-0.4, -0.2) is 45.8 Å². The number of nitrogens with zero attached hydrogens (tertiary/aromatic N) is 3. The highest BCUT2D eigenvalue weighted by Gasteiger charge is 2.32. The van der Waals surface area contributed by atoms with Crippen LogP contribution in [-0.2, 0) is 4.74 Å². The van der Waals surface area contributed by atoms with Gasteiger partial charge in [0.1, 0.15) is 17.0 Å². The lowest BCUT2D eigenvalue weighted by Gasteiger charge is -2.32. The number of amides is 1. The van der Waals surface area contributed by atoms with Crippen LogP contribution in [0.15, 0.2) is 24.3 Å². The largest absolute Gasteiger partial charge is 0.573 e. The topological polar surface area (TPSA) is 56.6 Å². The molecular formula is C21H25F4N3O3. The summed E-state index contributed by atoms with van der Waals surface area (Å²) in [6, 6.07) is 5.08. The predicted octanol–water partition coefficient (Wildman–Crippen LogP) is 5.33. The first kappa shape index (κ1) is 22.9. The number of piperidine rings is 1. The third kappa shape index (κ3) is 5.68. The zero-order valence-electron chi connectivity index (χ0n) is 17.8. The Morgan fingerprint density at radius 3 is 2.19 bits per heavy atom. The monoisotopic (exact) mass is 443 g/mol. The van der Waals surface area contributed by atoms with Crippen molar-refractivity contribution in [2.75, 3.05) is 13.1 Å².